The van der Waals surface area contributed by atoms with Gasteiger partial charge in [0.25, 0.3) is 5.91 Å². The molecule has 5 amide bonds. The van der Waals surface area contributed by atoms with Gasteiger partial charge in [0.2, 0.25) is 5.91 Å². The summed E-state index contributed by atoms with van der Waals surface area (Å²) in [6, 6.07) is 49.6. The van der Waals surface area contributed by atoms with Gasteiger partial charge in [0, 0.05) is 71.0 Å². The van der Waals surface area contributed by atoms with Crippen LogP contribution >= 0.6 is 15.9 Å². The van der Waals surface area contributed by atoms with Crippen molar-refractivity contribution >= 4 is 74.0 Å². The highest BCUT2D eigenvalue weighted by molar-refractivity contribution is 9.10. The van der Waals surface area contributed by atoms with Gasteiger partial charge in [-0.15, -0.1) is 0 Å². The van der Waals surface area contributed by atoms with E-state index in [9.17, 15) is 28.8 Å². The highest BCUT2D eigenvalue weighted by Crippen LogP contribution is 2.36. The number of ketones is 1. The number of imidazole rings is 1. The van der Waals surface area contributed by atoms with Crippen LogP contribution in [0.15, 0.2) is 186 Å². The second kappa shape index (κ2) is 29.6. The molecule has 12 rings (SSSR count). The number of amides is 5. The number of ether oxygens (including phenoxy) is 3. The van der Waals surface area contributed by atoms with E-state index in [0.717, 1.165) is 93.4 Å². The van der Waals surface area contributed by atoms with Gasteiger partial charge < -0.3 is 44.6 Å². The van der Waals surface area contributed by atoms with Crippen molar-refractivity contribution in [3.8, 4) is 22.6 Å². The van der Waals surface area contributed by atoms with Gasteiger partial charge in [-0.1, -0.05) is 149 Å². The maximum Gasteiger partial charge on any atom is 0.410 e. The van der Waals surface area contributed by atoms with Gasteiger partial charge in [-0.25, -0.2) is 19.4 Å². The quantitative estimate of drug-likeness (QED) is 0.0595. The Hall–Kier alpha value is -9.62. The fraction of sp³-hybridized carbons (Fsp3) is 0.315. The molecular formula is C73H76BrN9O9. The molecular weight excluding hydrogens is 1230 g/mol. The van der Waals surface area contributed by atoms with Crippen LogP contribution in [-0.2, 0) is 41.6 Å². The highest BCUT2D eigenvalue weighted by Gasteiger charge is 2.40. The van der Waals surface area contributed by atoms with Gasteiger partial charge in [0.15, 0.2) is 5.78 Å². The van der Waals surface area contributed by atoms with Gasteiger partial charge in [-0.2, -0.15) is 0 Å². The molecule has 0 unspecified atom stereocenters. The summed E-state index contributed by atoms with van der Waals surface area (Å²) in [5, 5.41) is 6.48. The molecule has 2 aromatic heterocycles. The molecule has 18 nitrogen and oxygen atoms in total. The van der Waals surface area contributed by atoms with Crippen LogP contribution in [0.3, 0.4) is 0 Å². The van der Waals surface area contributed by atoms with Gasteiger partial charge >= 0.3 is 18.3 Å². The number of alkyl carbamates (subject to hydrolysis) is 2. The normalized spacial score (nSPS) is 17.6. The largest absolute Gasteiger partial charge is 0.447 e. The molecule has 8 aromatic rings. The van der Waals surface area contributed by atoms with Crippen LogP contribution in [-0.4, -0.2) is 115 Å². The molecule has 0 bridgehead atoms. The monoisotopic (exact) mass is 1300 g/mol. The van der Waals surface area contributed by atoms with Crippen LogP contribution in [0.25, 0.3) is 39.1 Å². The topological polar surface area (TPSA) is 221 Å². The Balaban J connectivity index is 0.000000266. The van der Waals surface area contributed by atoms with E-state index in [1.807, 2.05) is 137 Å². The minimum absolute atomic E-state index is 0.0393. The Bertz CT molecular complexity index is 3960. The summed E-state index contributed by atoms with van der Waals surface area (Å²) in [5.74, 6) is 0.0812. The molecule has 6 heterocycles. The predicted octanol–water partition coefficient (Wildman–Crippen LogP) is 14.2. The minimum Gasteiger partial charge on any atom is -0.447 e. The molecule has 4 aliphatic rings. The maximum absolute atomic E-state index is 14.1. The second-order valence-electron chi connectivity index (χ2n) is 24.1. The number of aliphatic imine (C=N–C) groups is 1. The molecule has 5 atom stereocenters. The molecule has 6 aromatic carbocycles. The van der Waals surface area contributed by atoms with Gasteiger partial charge in [0.05, 0.1) is 42.2 Å². The van der Waals surface area contributed by atoms with Crippen LogP contribution in [0.5, 0.6) is 0 Å². The fourth-order valence-corrected chi connectivity index (χ4v) is 12.8. The number of halogens is 1. The SMILES string of the molecule is CC(C)OC(=O)N[C@@H](C(=O)N1CCC[C@H]1C(=O)Cc1ccc2[nH]c(-c3ccc(-c4ncc([C@@H]5CCCN5C(=O)[C@H](NC(=O)OC(C)C)c5ccccc5)[nH]4)cc3)cc2c1)c1ccccc1.O=C(OCc1ccccc1)N1CCC[C@H]1C1=NC=C(c2ccc(Br)cc2)C1. The van der Waals surface area contributed by atoms with Crippen molar-refractivity contribution in [2.75, 3.05) is 19.6 Å². The lowest BCUT2D eigenvalue weighted by Gasteiger charge is -2.29. The van der Waals surface area contributed by atoms with Gasteiger partial charge in [0.1, 0.15) is 24.5 Å². The van der Waals surface area contributed by atoms with E-state index in [4.69, 9.17) is 19.2 Å². The summed E-state index contributed by atoms with van der Waals surface area (Å²) in [7, 11) is 0. The lowest BCUT2D eigenvalue weighted by molar-refractivity contribution is -0.139. The molecule has 19 heteroatoms. The lowest BCUT2D eigenvalue weighted by atomic mass is 9.99. The summed E-state index contributed by atoms with van der Waals surface area (Å²) < 4.78 is 17.2. The number of rotatable bonds is 18. The zero-order valence-electron chi connectivity index (χ0n) is 52.1. The number of nitrogens with one attached hydrogen (secondary N) is 4. The lowest BCUT2D eigenvalue weighted by Crippen LogP contribution is -2.48. The number of Topliss-reactive ketones (excluding diaryl/α,β-unsaturated/α-hetero) is 1. The predicted molar refractivity (Wildman–Crippen MR) is 357 cm³/mol. The number of hydrogen-bond donors (Lipinski definition) is 4. The molecule has 0 aliphatic carbocycles. The molecule has 474 valence electrons. The van der Waals surface area contributed by atoms with E-state index in [-0.39, 0.29) is 54.4 Å². The average Bonchev–Trinajstić information content (AvgIpc) is 1.69. The van der Waals surface area contributed by atoms with Crippen LogP contribution in [0.1, 0.15) is 124 Å². The standard InChI is InChI=1S/C51H55N7O7.C22H21BrN2O2/c1-31(2)64-50(62)55-45(35-13-7-5-8-14-35)48(60)57-25-11-17-42(57)41-30-52-47(54-41)37-22-20-34(21-23-37)40-29-38-27-33(19-24-39(38)53-40)28-44(59)43-18-12-26-58(43)49(61)46(36-15-9-6-10-16-36)56-51(63)65-32(3)4;23-19-10-8-17(9-11-19)18-13-20(24-14-18)21-7-4-12-25(21)22(26)27-15-16-5-2-1-3-6-16/h5-10,13-16,19-24,27,29-32,42-43,45-46,53H,11-12,17-18,25-26,28H2,1-4H3,(H,52,54)(H,55,62)(H,56,63);1-3,5-6,8-11,14,21H,4,7,12-13,15H2/t42-,43-,45+,46+;21-/m00/s1. The molecule has 0 saturated carbocycles. The van der Waals surface area contributed by atoms with E-state index >= 15 is 0 Å². The molecule has 92 heavy (non-hydrogen) atoms. The summed E-state index contributed by atoms with van der Waals surface area (Å²) in [6.07, 6.45) is 7.13. The number of H-pyrrole nitrogens is 2. The summed E-state index contributed by atoms with van der Waals surface area (Å²) in [4.78, 5) is 101. The summed E-state index contributed by atoms with van der Waals surface area (Å²) >= 11 is 3.47. The summed E-state index contributed by atoms with van der Waals surface area (Å²) in [6.45, 7) is 9.01. The second-order valence-corrected chi connectivity index (χ2v) is 25.0. The van der Waals surface area contributed by atoms with Crippen molar-refractivity contribution in [3.05, 3.63) is 214 Å². The van der Waals surface area contributed by atoms with E-state index in [2.05, 4.69) is 59.7 Å². The Morgan fingerprint density at radius 3 is 1.80 bits per heavy atom. The first kappa shape index (κ1) is 63.9. The number of allylic oxidation sites excluding steroid dienone is 1. The minimum atomic E-state index is -0.983. The number of carbonyl (C=O) groups is 6. The first-order chi connectivity index (χ1) is 44.6. The number of nitrogens with zero attached hydrogens (tertiary/aromatic N) is 5. The summed E-state index contributed by atoms with van der Waals surface area (Å²) in [5.41, 5.74) is 11.1. The fourth-order valence-electron chi connectivity index (χ4n) is 12.5. The van der Waals surface area contributed by atoms with Crippen molar-refractivity contribution in [3.63, 3.8) is 0 Å². The number of carbonyl (C=O) groups excluding carboxylic acids is 6. The third-order valence-electron chi connectivity index (χ3n) is 17.0. The third kappa shape index (κ3) is 15.6. The molecule has 0 spiro atoms. The maximum atomic E-state index is 14.1. The molecule has 3 fully saturated rings. The molecule has 4 aliphatic heterocycles. The van der Waals surface area contributed by atoms with Crippen molar-refractivity contribution in [2.45, 2.75) is 128 Å². The zero-order chi connectivity index (χ0) is 64.3. The van der Waals surface area contributed by atoms with Crippen molar-refractivity contribution in [1.29, 1.82) is 0 Å². The molecule has 4 N–H and O–H groups in total. The van der Waals surface area contributed by atoms with Gasteiger partial charge in [-0.05, 0) is 136 Å². The smallest absolute Gasteiger partial charge is 0.410 e. The van der Waals surface area contributed by atoms with E-state index < -0.39 is 30.3 Å². The third-order valence-corrected chi connectivity index (χ3v) is 17.5. The van der Waals surface area contributed by atoms with Gasteiger partial charge in [-0.3, -0.25) is 24.3 Å². The number of fused-ring (bicyclic) bond motifs is 1. The highest BCUT2D eigenvalue weighted by atomic mass is 79.9. The Labute approximate surface area is 544 Å². The Morgan fingerprint density at radius 1 is 0.598 bits per heavy atom. The molecule has 0 radical (unpaired) electrons. The number of benzene rings is 6. The average molecular weight is 1300 g/mol. The van der Waals surface area contributed by atoms with E-state index in [1.165, 1.54) is 11.1 Å². The van der Waals surface area contributed by atoms with E-state index in [0.29, 0.717) is 49.5 Å². The van der Waals surface area contributed by atoms with Crippen LogP contribution in [0.4, 0.5) is 14.4 Å². The van der Waals surface area contributed by atoms with Crippen molar-refractivity contribution in [2.24, 2.45) is 4.99 Å². The Morgan fingerprint density at radius 2 is 1.16 bits per heavy atom. The number of likely N-dealkylation sites (tertiary alicyclic amines) is 3. The van der Waals surface area contributed by atoms with Crippen LogP contribution < -0.4 is 10.6 Å². The first-order valence-corrected chi connectivity index (χ1v) is 32.4. The van der Waals surface area contributed by atoms with Crippen molar-refractivity contribution < 1.29 is 43.0 Å². The zero-order valence-corrected chi connectivity index (χ0v) is 53.6. The van der Waals surface area contributed by atoms with E-state index in [1.54, 1.807) is 63.1 Å². The van der Waals surface area contributed by atoms with Crippen LogP contribution in [0, 0.1) is 0 Å². The Kier molecular flexibility index (Phi) is 20.5. The first-order valence-electron chi connectivity index (χ1n) is 31.6. The van der Waals surface area contributed by atoms with Crippen LogP contribution in [0.2, 0.25) is 0 Å². The number of hydrogen-bond acceptors (Lipinski definition) is 11. The number of aromatic nitrogens is 3. The van der Waals surface area contributed by atoms with Crippen molar-refractivity contribution in [1.82, 2.24) is 40.3 Å². The number of aromatic amines is 2. The molecule has 3 saturated heterocycles.